The molecule has 6 heteroatoms. The summed E-state index contributed by atoms with van der Waals surface area (Å²) in [7, 11) is 1.70. The van der Waals surface area contributed by atoms with Gasteiger partial charge in [-0.3, -0.25) is 9.59 Å². The fraction of sp³-hybridized carbons (Fsp3) is 0.231. The third-order valence-electron chi connectivity index (χ3n) is 2.53. The second-order valence-corrected chi connectivity index (χ2v) is 5.95. The third kappa shape index (κ3) is 3.33. The van der Waals surface area contributed by atoms with Crippen molar-refractivity contribution < 1.29 is 14.0 Å². The first-order valence-corrected chi connectivity index (χ1v) is 7.19. The van der Waals surface area contributed by atoms with E-state index >= 15 is 0 Å². The van der Waals surface area contributed by atoms with E-state index in [4.69, 9.17) is 4.42 Å². The van der Waals surface area contributed by atoms with Gasteiger partial charge >= 0.3 is 0 Å². The van der Waals surface area contributed by atoms with Crippen molar-refractivity contribution in [1.82, 2.24) is 4.90 Å². The maximum Gasteiger partial charge on any atom is 0.264 e. The van der Waals surface area contributed by atoms with Crippen molar-refractivity contribution in [2.45, 2.75) is 13.5 Å². The molecule has 0 saturated carbocycles. The number of carbonyl (C=O) groups excluding carboxylic acids is 2. The van der Waals surface area contributed by atoms with Gasteiger partial charge in [-0.15, -0.1) is 11.3 Å². The number of nitrogens with zero attached hydrogens (tertiary/aromatic N) is 1. The lowest BCUT2D eigenvalue weighted by Crippen LogP contribution is -2.25. The third-order valence-corrected chi connectivity index (χ3v) is 4.13. The SMILES string of the molecule is CC(=O)c1ccc(C(=O)N(C)Cc2ccc(Br)o2)s1. The number of Topliss-reactive ketones (excluding diaryl/α,β-unsaturated/α-hetero) is 1. The van der Waals surface area contributed by atoms with E-state index in [1.165, 1.54) is 18.3 Å². The zero-order chi connectivity index (χ0) is 14.0. The van der Waals surface area contributed by atoms with Crippen LogP contribution in [0, 0.1) is 0 Å². The normalized spacial score (nSPS) is 10.5. The molecule has 0 saturated heterocycles. The Bertz CT molecular complexity index is 617. The lowest BCUT2D eigenvalue weighted by Gasteiger charge is -2.14. The van der Waals surface area contributed by atoms with Crippen molar-refractivity contribution in [3.05, 3.63) is 44.4 Å². The molecule has 0 aliphatic heterocycles. The summed E-state index contributed by atoms with van der Waals surface area (Å²) in [5.74, 6) is 0.553. The van der Waals surface area contributed by atoms with Crippen LogP contribution in [-0.4, -0.2) is 23.6 Å². The summed E-state index contributed by atoms with van der Waals surface area (Å²) in [5.41, 5.74) is 0. The first-order valence-electron chi connectivity index (χ1n) is 5.58. The molecule has 2 aromatic heterocycles. The van der Waals surface area contributed by atoms with E-state index in [-0.39, 0.29) is 11.7 Å². The maximum atomic E-state index is 12.2. The van der Waals surface area contributed by atoms with Crippen molar-refractivity contribution >= 4 is 39.0 Å². The Labute approximate surface area is 123 Å². The summed E-state index contributed by atoms with van der Waals surface area (Å²) >= 11 is 4.43. The van der Waals surface area contributed by atoms with Crippen LogP contribution in [0.5, 0.6) is 0 Å². The van der Waals surface area contributed by atoms with Crippen molar-refractivity contribution in [1.29, 1.82) is 0 Å². The molecular formula is C13H12BrNO3S. The van der Waals surface area contributed by atoms with Gasteiger partial charge in [0.1, 0.15) is 5.76 Å². The molecule has 0 aliphatic rings. The second-order valence-electron chi connectivity index (χ2n) is 4.09. The van der Waals surface area contributed by atoms with Gasteiger partial charge < -0.3 is 9.32 Å². The summed E-state index contributed by atoms with van der Waals surface area (Å²) in [4.78, 5) is 26.1. The molecule has 0 bridgehead atoms. The Hall–Kier alpha value is -1.40. The maximum absolute atomic E-state index is 12.2. The van der Waals surface area contributed by atoms with Gasteiger partial charge in [-0.05, 0) is 47.1 Å². The molecule has 0 atom stereocenters. The van der Waals surface area contributed by atoms with Crippen LogP contribution in [0.25, 0.3) is 0 Å². The lowest BCUT2D eigenvalue weighted by atomic mass is 10.3. The molecule has 0 aliphatic carbocycles. The summed E-state index contributed by atoms with van der Waals surface area (Å²) in [6, 6.07) is 6.95. The van der Waals surface area contributed by atoms with Crippen LogP contribution in [0.1, 0.15) is 32.0 Å². The second kappa shape index (κ2) is 5.71. The number of hydrogen-bond donors (Lipinski definition) is 0. The lowest BCUT2D eigenvalue weighted by molar-refractivity contribution is 0.0779. The first-order chi connectivity index (χ1) is 8.97. The van der Waals surface area contributed by atoms with Gasteiger partial charge in [-0.2, -0.15) is 0 Å². The summed E-state index contributed by atoms with van der Waals surface area (Å²) in [5, 5.41) is 0. The van der Waals surface area contributed by atoms with E-state index in [0.29, 0.717) is 26.7 Å². The van der Waals surface area contributed by atoms with Gasteiger partial charge in [0.25, 0.3) is 5.91 Å². The summed E-state index contributed by atoms with van der Waals surface area (Å²) < 4.78 is 5.99. The molecule has 1 amide bonds. The van der Waals surface area contributed by atoms with E-state index in [9.17, 15) is 9.59 Å². The Morgan fingerprint density at radius 1 is 1.26 bits per heavy atom. The zero-order valence-corrected chi connectivity index (χ0v) is 12.9. The molecule has 100 valence electrons. The van der Waals surface area contributed by atoms with Crippen molar-refractivity contribution in [2.75, 3.05) is 7.05 Å². The molecule has 0 spiro atoms. The molecule has 19 heavy (non-hydrogen) atoms. The van der Waals surface area contributed by atoms with Crippen LogP contribution in [0.3, 0.4) is 0 Å². The average Bonchev–Trinajstić information content (AvgIpc) is 2.97. The van der Waals surface area contributed by atoms with E-state index in [2.05, 4.69) is 15.9 Å². The highest BCUT2D eigenvalue weighted by molar-refractivity contribution is 9.10. The average molecular weight is 342 g/mol. The van der Waals surface area contributed by atoms with Gasteiger partial charge in [0.15, 0.2) is 10.5 Å². The molecule has 0 aromatic carbocycles. The van der Waals surface area contributed by atoms with Crippen LogP contribution < -0.4 is 0 Å². The summed E-state index contributed by atoms with van der Waals surface area (Å²) in [6.45, 7) is 1.88. The quantitative estimate of drug-likeness (QED) is 0.798. The number of carbonyl (C=O) groups is 2. The van der Waals surface area contributed by atoms with Gasteiger partial charge in [0.05, 0.1) is 16.3 Å². The minimum absolute atomic E-state index is 0.0262. The predicted molar refractivity (Wildman–Crippen MR) is 76.5 cm³/mol. The Morgan fingerprint density at radius 3 is 2.47 bits per heavy atom. The van der Waals surface area contributed by atoms with Crippen LogP contribution in [0.4, 0.5) is 0 Å². The van der Waals surface area contributed by atoms with Gasteiger partial charge in [-0.1, -0.05) is 0 Å². The van der Waals surface area contributed by atoms with Crippen LogP contribution in [0.2, 0.25) is 0 Å². The standard InChI is InChI=1S/C13H12BrNO3S/c1-8(16)10-4-5-11(19-10)13(17)15(2)7-9-3-6-12(14)18-9/h3-6H,7H2,1-2H3. The van der Waals surface area contributed by atoms with Gasteiger partial charge in [-0.25, -0.2) is 0 Å². The minimum Gasteiger partial charge on any atom is -0.452 e. The Balaban J connectivity index is 2.07. The molecule has 2 aromatic rings. The van der Waals surface area contributed by atoms with E-state index in [1.807, 2.05) is 6.07 Å². The molecule has 0 fully saturated rings. The molecule has 0 N–H and O–H groups in total. The molecule has 0 radical (unpaired) electrons. The van der Waals surface area contributed by atoms with E-state index in [0.717, 1.165) is 0 Å². The molecule has 4 nitrogen and oxygen atoms in total. The number of ketones is 1. The molecule has 2 heterocycles. The van der Waals surface area contributed by atoms with Crippen LogP contribution in [-0.2, 0) is 6.54 Å². The van der Waals surface area contributed by atoms with Crippen molar-refractivity contribution in [3.63, 3.8) is 0 Å². The summed E-state index contributed by atoms with van der Waals surface area (Å²) in [6.07, 6.45) is 0. The fourth-order valence-electron chi connectivity index (χ4n) is 1.57. The van der Waals surface area contributed by atoms with Crippen LogP contribution >= 0.6 is 27.3 Å². The van der Waals surface area contributed by atoms with Crippen molar-refractivity contribution in [2.24, 2.45) is 0 Å². The molecular weight excluding hydrogens is 330 g/mol. The minimum atomic E-state index is -0.120. The smallest absolute Gasteiger partial charge is 0.264 e. The highest BCUT2D eigenvalue weighted by Crippen LogP contribution is 2.20. The van der Waals surface area contributed by atoms with Crippen molar-refractivity contribution in [3.8, 4) is 0 Å². The topological polar surface area (TPSA) is 50.5 Å². The number of amides is 1. The van der Waals surface area contributed by atoms with Gasteiger partial charge in [0, 0.05) is 7.05 Å². The predicted octanol–water partition coefficient (Wildman–Crippen LogP) is 3.58. The van der Waals surface area contributed by atoms with Crippen LogP contribution in [0.15, 0.2) is 33.4 Å². The number of thiophene rings is 1. The molecule has 2 rings (SSSR count). The Kier molecular flexibility index (Phi) is 4.21. The fourth-order valence-corrected chi connectivity index (χ4v) is 2.81. The first kappa shape index (κ1) is 14.0. The highest BCUT2D eigenvalue weighted by atomic mass is 79.9. The largest absolute Gasteiger partial charge is 0.452 e. The number of halogens is 1. The molecule has 0 unspecified atom stereocenters. The number of furan rings is 1. The van der Waals surface area contributed by atoms with E-state index < -0.39 is 0 Å². The van der Waals surface area contributed by atoms with E-state index in [1.54, 1.807) is 30.1 Å². The number of rotatable bonds is 4. The Morgan fingerprint density at radius 2 is 1.95 bits per heavy atom. The highest BCUT2D eigenvalue weighted by Gasteiger charge is 2.16. The number of hydrogen-bond acceptors (Lipinski definition) is 4. The van der Waals surface area contributed by atoms with Gasteiger partial charge in [0.2, 0.25) is 0 Å². The monoisotopic (exact) mass is 341 g/mol. The zero-order valence-electron chi connectivity index (χ0n) is 10.5.